The number of nitrogens with zero attached hydrogens (tertiary/aromatic N) is 4. The Morgan fingerprint density at radius 3 is 2.75 bits per heavy atom. The van der Waals surface area contributed by atoms with Gasteiger partial charge in [-0.3, -0.25) is 9.69 Å². The van der Waals surface area contributed by atoms with Crippen LogP contribution in [0.2, 0.25) is 0 Å². The number of amides is 1. The van der Waals surface area contributed by atoms with Crippen LogP contribution in [0.25, 0.3) is 0 Å². The van der Waals surface area contributed by atoms with Gasteiger partial charge in [-0.25, -0.2) is 15.0 Å². The zero-order chi connectivity index (χ0) is 16.9. The molecule has 0 saturated heterocycles. The Morgan fingerprint density at radius 2 is 2.00 bits per heavy atom. The van der Waals surface area contributed by atoms with Crippen LogP contribution in [0, 0.1) is 6.92 Å². The predicted octanol–water partition coefficient (Wildman–Crippen LogP) is 2.45. The highest BCUT2D eigenvalue weighted by Crippen LogP contribution is 2.44. The number of carbonyl (C=O) groups is 1. The average molecular weight is 323 g/mol. The third-order valence-corrected chi connectivity index (χ3v) is 5.05. The van der Waals surface area contributed by atoms with E-state index in [0.717, 1.165) is 29.9 Å². The second-order valence-electron chi connectivity index (χ2n) is 7.16. The first-order chi connectivity index (χ1) is 11.5. The Balaban J connectivity index is 1.48. The molecule has 24 heavy (non-hydrogen) atoms. The van der Waals surface area contributed by atoms with Gasteiger partial charge in [-0.05, 0) is 45.7 Å². The van der Waals surface area contributed by atoms with E-state index in [9.17, 15) is 4.79 Å². The molecule has 1 fully saturated rings. The van der Waals surface area contributed by atoms with Crippen LogP contribution in [0.5, 0.6) is 0 Å². The summed E-state index contributed by atoms with van der Waals surface area (Å²) in [5, 5.41) is 3.35. The van der Waals surface area contributed by atoms with Gasteiger partial charge in [-0.1, -0.05) is 6.07 Å². The molecule has 2 aliphatic rings. The first-order valence-corrected chi connectivity index (χ1v) is 8.32. The fourth-order valence-electron chi connectivity index (χ4n) is 3.55. The molecule has 3 heterocycles. The molecule has 4 rings (SSSR count). The van der Waals surface area contributed by atoms with Crippen molar-refractivity contribution in [2.45, 2.75) is 51.1 Å². The van der Waals surface area contributed by atoms with Gasteiger partial charge in [0, 0.05) is 35.7 Å². The molecular weight excluding hydrogens is 302 g/mol. The fourth-order valence-corrected chi connectivity index (χ4v) is 3.55. The molecule has 0 bridgehead atoms. The summed E-state index contributed by atoms with van der Waals surface area (Å²) >= 11 is 0. The Bertz CT molecular complexity index is 798. The van der Waals surface area contributed by atoms with Crippen LogP contribution in [0.15, 0.2) is 30.6 Å². The molecule has 1 N–H and O–H groups in total. The number of aromatic nitrogens is 3. The lowest BCUT2D eigenvalue weighted by Gasteiger charge is -2.41. The van der Waals surface area contributed by atoms with Gasteiger partial charge >= 0.3 is 0 Å². The monoisotopic (exact) mass is 323 g/mol. The molecule has 1 aliphatic heterocycles. The highest BCUT2D eigenvalue weighted by atomic mass is 16.2. The molecule has 2 aromatic rings. The maximum Gasteiger partial charge on any atom is 0.238 e. The molecule has 1 saturated carbocycles. The standard InChI is InChI=1S/C18H21N5O/c1-11-6-8-20-17(21-11)22-12-9-13(10-12)23-15-14(5-4-7-19-15)18(2,3)16(23)24/h4-8,12-13H,9-10H2,1-3H3,(H,20,21,22). The largest absolute Gasteiger partial charge is 0.351 e. The zero-order valence-electron chi connectivity index (χ0n) is 14.2. The minimum atomic E-state index is -0.498. The van der Waals surface area contributed by atoms with Crippen LogP contribution in [0.3, 0.4) is 0 Å². The SMILES string of the molecule is Cc1ccnc(NC2CC(N3C(=O)C(C)(C)c4cccnc43)C2)n1. The number of anilines is 2. The van der Waals surface area contributed by atoms with E-state index in [1.54, 1.807) is 12.4 Å². The van der Waals surface area contributed by atoms with Crippen molar-refractivity contribution >= 4 is 17.7 Å². The van der Waals surface area contributed by atoms with Crippen LogP contribution in [-0.2, 0) is 10.2 Å². The lowest BCUT2D eigenvalue weighted by atomic mass is 9.84. The smallest absolute Gasteiger partial charge is 0.238 e. The number of carbonyl (C=O) groups excluding carboxylic acids is 1. The van der Waals surface area contributed by atoms with Gasteiger partial charge in [-0.15, -0.1) is 0 Å². The fraction of sp³-hybridized carbons (Fsp3) is 0.444. The minimum absolute atomic E-state index is 0.145. The van der Waals surface area contributed by atoms with Crippen LogP contribution >= 0.6 is 0 Å². The van der Waals surface area contributed by atoms with Crippen LogP contribution < -0.4 is 10.2 Å². The molecule has 0 atom stereocenters. The highest BCUT2D eigenvalue weighted by Gasteiger charge is 2.50. The second kappa shape index (κ2) is 5.26. The summed E-state index contributed by atoms with van der Waals surface area (Å²) in [7, 11) is 0. The molecule has 6 heteroatoms. The molecule has 6 nitrogen and oxygen atoms in total. The number of nitrogens with one attached hydrogen (secondary N) is 1. The van der Waals surface area contributed by atoms with Crippen molar-refractivity contribution in [1.29, 1.82) is 0 Å². The van der Waals surface area contributed by atoms with Gasteiger partial charge in [0.05, 0.1) is 5.41 Å². The molecule has 0 aromatic carbocycles. The first kappa shape index (κ1) is 15.1. The summed E-state index contributed by atoms with van der Waals surface area (Å²) in [5.74, 6) is 1.62. The highest BCUT2D eigenvalue weighted by molar-refractivity contribution is 6.07. The van der Waals surface area contributed by atoms with Crippen molar-refractivity contribution in [2.75, 3.05) is 10.2 Å². The van der Waals surface area contributed by atoms with Crippen molar-refractivity contribution in [3.05, 3.63) is 41.9 Å². The van der Waals surface area contributed by atoms with E-state index in [-0.39, 0.29) is 11.9 Å². The topological polar surface area (TPSA) is 71.0 Å². The second-order valence-corrected chi connectivity index (χ2v) is 7.16. The Labute approximate surface area is 141 Å². The molecule has 0 unspecified atom stereocenters. The lowest BCUT2D eigenvalue weighted by Crippen LogP contribution is -2.53. The zero-order valence-corrected chi connectivity index (χ0v) is 14.2. The van der Waals surface area contributed by atoms with Crippen LogP contribution in [-0.4, -0.2) is 32.9 Å². The third-order valence-electron chi connectivity index (χ3n) is 5.05. The predicted molar refractivity (Wildman–Crippen MR) is 92.0 cm³/mol. The van der Waals surface area contributed by atoms with Crippen LogP contribution in [0.4, 0.5) is 11.8 Å². The van der Waals surface area contributed by atoms with Crippen molar-refractivity contribution in [3.63, 3.8) is 0 Å². The molecule has 0 radical (unpaired) electrons. The van der Waals surface area contributed by atoms with Gasteiger partial charge in [0.15, 0.2) is 0 Å². The number of hydrogen-bond acceptors (Lipinski definition) is 5. The van der Waals surface area contributed by atoms with Gasteiger partial charge in [0.2, 0.25) is 11.9 Å². The van der Waals surface area contributed by atoms with Crippen molar-refractivity contribution in [3.8, 4) is 0 Å². The van der Waals surface area contributed by atoms with Crippen molar-refractivity contribution in [2.24, 2.45) is 0 Å². The van der Waals surface area contributed by atoms with E-state index < -0.39 is 5.41 Å². The van der Waals surface area contributed by atoms with Gasteiger partial charge in [0.1, 0.15) is 5.82 Å². The third kappa shape index (κ3) is 2.25. The number of rotatable bonds is 3. The average Bonchev–Trinajstić information content (AvgIpc) is 2.71. The first-order valence-electron chi connectivity index (χ1n) is 8.32. The molecule has 1 aliphatic carbocycles. The number of aryl methyl sites for hydroxylation is 1. The lowest BCUT2D eigenvalue weighted by molar-refractivity contribution is -0.122. The minimum Gasteiger partial charge on any atom is -0.351 e. The number of fused-ring (bicyclic) bond motifs is 1. The molecular formula is C18H21N5O. The summed E-state index contributed by atoms with van der Waals surface area (Å²) in [6, 6.07) is 6.27. The maximum absolute atomic E-state index is 12.9. The normalized spacial score (nSPS) is 24.5. The van der Waals surface area contributed by atoms with E-state index in [0.29, 0.717) is 12.0 Å². The van der Waals surface area contributed by atoms with E-state index >= 15 is 0 Å². The summed E-state index contributed by atoms with van der Waals surface area (Å²) in [6.45, 7) is 5.90. The van der Waals surface area contributed by atoms with E-state index in [1.807, 2.05) is 43.9 Å². The summed E-state index contributed by atoms with van der Waals surface area (Å²) in [6.07, 6.45) is 5.28. The van der Waals surface area contributed by atoms with Gasteiger partial charge < -0.3 is 5.32 Å². The van der Waals surface area contributed by atoms with Crippen LogP contribution in [0.1, 0.15) is 37.9 Å². The number of hydrogen-bond donors (Lipinski definition) is 1. The van der Waals surface area contributed by atoms with E-state index in [4.69, 9.17) is 0 Å². The molecule has 2 aromatic heterocycles. The summed E-state index contributed by atoms with van der Waals surface area (Å²) in [5.41, 5.74) is 1.47. The number of pyridine rings is 1. The molecule has 124 valence electrons. The Morgan fingerprint density at radius 1 is 1.21 bits per heavy atom. The summed E-state index contributed by atoms with van der Waals surface area (Å²) in [4.78, 5) is 27.9. The maximum atomic E-state index is 12.9. The van der Waals surface area contributed by atoms with Gasteiger partial charge in [0.25, 0.3) is 0 Å². The molecule has 1 amide bonds. The van der Waals surface area contributed by atoms with E-state index in [1.165, 1.54) is 0 Å². The Hall–Kier alpha value is -2.50. The van der Waals surface area contributed by atoms with Gasteiger partial charge in [-0.2, -0.15) is 0 Å². The van der Waals surface area contributed by atoms with E-state index in [2.05, 4.69) is 20.3 Å². The Kier molecular flexibility index (Phi) is 3.30. The summed E-state index contributed by atoms with van der Waals surface area (Å²) < 4.78 is 0. The molecule has 0 spiro atoms. The van der Waals surface area contributed by atoms with Crippen molar-refractivity contribution in [1.82, 2.24) is 15.0 Å². The quantitative estimate of drug-likeness (QED) is 0.939. The van der Waals surface area contributed by atoms with Crippen molar-refractivity contribution < 1.29 is 4.79 Å².